The van der Waals surface area contributed by atoms with Crippen LogP contribution >= 0.6 is 7.82 Å². The van der Waals surface area contributed by atoms with Crippen molar-refractivity contribution in [2.45, 2.75) is 44.6 Å². The molecule has 0 atom stereocenters. The molecule has 222 valence electrons. The molecule has 41 heavy (non-hydrogen) atoms. The molecule has 10 N–H and O–H groups in total. The lowest BCUT2D eigenvalue weighted by Gasteiger charge is -2.12. The molecule has 0 radical (unpaired) electrons. The standard InChI is InChI=1S/C27H33N6O5P.2H3N/c1-37-21-13-11-19(12-14-21)26-25(22-15-17-29-27(31-22)30-20-7-2-3-8-20)23-9-6-10-24(33(23)32-26)28-16-4-5-18-38-39(34,35)36;;/h6,9-15,17,20,28H,2-5,7-8,16,18H2,1H3,(H,29,30,31)(H2,34,35,36);2*1H3. The third-order valence-corrected chi connectivity index (χ3v) is 7.28. The number of hydrogen-bond donors (Lipinski definition) is 6. The van der Waals surface area contributed by atoms with E-state index in [9.17, 15) is 4.57 Å². The highest BCUT2D eigenvalue weighted by Gasteiger charge is 2.21. The summed E-state index contributed by atoms with van der Waals surface area (Å²) in [6.07, 6.45) is 7.65. The molecule has 5 rings (SSSR count). The zero-order valence-electron chi connectivity index (χ0n) is 23.2. The highest BCUT2D eigenvalue weighted by molar-refractivity contribution is 7.46. The molecule has 3 heterocycles. The van der Waals surface area contributed by atoms with Crippen LogP contribution in [-0.2, 0) is 9.09 Å². The van der Waals surface area contributed by atoms with Crippen molar-refractivity contribution in [1.29, 1.82) is 0 Å². The van der Waals surface area contributed by atoms with Crippen LogP contribution in [0.3, 0.4) is 0 Å². The summed E-state index contributed by atoms with van der Waals surface area (Å²) in [5.74, 6) is 2.17. The average Bonchev–Trinajstić information content (AvgIpc) is 3.58. The molecule has 0 bridgehead atoms. The van der Waals surface area contributed by atoms with E-state index in [1.807, 2.05) is 53.0 Å². The van der Waals surface area contributed by atoms with Crippen LogP contribution in [0.1, 0.15) is 38.5 Å². The van der Waals surface area contributed by atoms with Gasteiger partial charge in [0.1, 0.15) is 17.3 Å². The van der Waals surface area contributed by atoms with Gasteiger partial charge in [-0.1, -0.05) is 18.9 Å². The number of ether oxygens (including phenoxy) is 1. The minimum absolute atomic E-state index is 0. The number of benzene rings is 1. The number of phosphoric acid groups is 1. The Morgan fingerprint density at radius 3 is 2.51 bits per heavy atom. The van der Waals surface area contributed by atoms with Crippen LogP contribution in [-0.4, -0.2) is 55.7 Å². The van der Waals surface area contributed by atoms with Gasteiger partial charge in [0, 0.05) is 24.3 Å². The second kappa shape index (κ2) is 14.4. The van der Waals surface area contributed by atoms with Gasteiger partial charge in [0.15, 0.2) is 0 Å². The highest BCUT2D eigenvalue weighted by Crippen LogP contribution is 2.37. The van der Waals surface area contributed by atoms with Crippen molar-refractivity contribution >= 4 is 25.1 Å². The lowest BCUT2D eigenvalue weighted by molar-refractivity contribution is 0.194. The van der Waals surface area contributed by atoms with Crippen molar-refractivity contribution in [3.63, 3.8) is 0 Å². The van der Waals surface area contributed by atoms with Gasteiger partial charge >= 0.3 is 7.82 Å². The Bertz CT molecular complexity index is 1450. The second-order valence-electron chi connectivity index (χ2n) is 9.51. The van der Waals surface area contributed by atoms with Crippen molar-refractivity contribution in [3.05, 3.63) is 54.7 Å². The third kappa shape index (κ3) is 8.00. The molecular formula is C27H39N8O5P. The molecule has 0 aliphatic heterocycles. The van der Waals surface area contributed by atoms with E-state index in [1.165, 1.54) is 12.8 Å². The van der Waals surface area contributed by atoms with E-state index >= 15 is 0 Å². The molecule has 1 aliphatic carbocycles. The molecule has 0 saturated heterocycles. The van der Waals surface area contributed by atoms with E-state index in [-0.39, 0.29) is 18.9 Å². The highest BCUT2D eigenvalue weighted by atomic mass is 31.2. The molecule has 1 aromatic carbocycles. The molecular weight excluding hydrogens is 547 g/mol. The predicted octanol–water partition coefficient (Wildman–Crippen LogP) is 5.45. The second-order valence-corrected chi connectivity index (χ2v) is 10.7. The Hall–Kier alpha value is -3.58. The third-order valence-electron chi connectivity index (χ3n) is 6.76. The van der Waals surface area contributed by atoms with Crippen molar-refractivity contribution in [3.8, 4) is 28.3 Å². The summed E-state index contributed by atoms with van der Waals surface area (Å²) >= 11 is 0. The smallest absolute Gasteiger partial charge is 0.469 e. The molecule has 14 heteroatoms. The number of nitrogens with zero attached hydrogens (tertiary/aromatic N) is 4. The number of anilines is 2. The number of rotatable bonds is 12. The molecule has 1 aliphatic rings. The van der Waals surface area contributed by atoms with E-state index < -0.39 is 7.82 Å². The van der Waals surface area contributed by atoms with Crippen molar-refractivity contribution < 1.29 is 23.6 Å². The summed E-state index contributed by atoms with van der Waals surface area (Å²) in [6, 6.07) is 16.0. The molecule has 0 unspecified atom stereocenters. The average molecular weight is 587 g/mol. The summed E-state index contributed by atoms with van der Waals surface area (Å²) < 4.78 is 22.6. The number of unbranched alkanes of at least 4 members (excludes halogenated alkanes) is 1. The first-order valence-electron chi connectivity index (χ1n) is 13.1. The van der Waals surface area contributed by atoms with Gasteiger partial charge in [0.05, 0.1) is 30.5 Å². The molecule has 4 aromatic rings. The summed E-state index contributed by atoms with van der Waals surface area (Å²) in [5.41, 5.74) is 4.28. The first kappa shape index (κ1) is 31.9. The van der Waals surface area contributed by atoms with E-state index in [0.29, 0.717) is 31.4 Å². The molecule has 0 amide bonds. The summed E-state index contributed by atoms with van der Waals surface area (Å²) in [5, 5.41) is 11.9. The van der Waals surface area contributed by atoms with E-state index in [4.69, 9.17) is 24.6 Å². The lowest BCUT2D eigenvalue weighted by Crippen LogP contribution is -2.16. The van der Waals surface area contributed by atoms with Crippen LogP contribution in [0.5, 0.6) is 5.75 Å². The number of methoxy groups -OCH3 is 1. The van der Waals surface area contributed by atoms with Crippen LogP contribution < -0.4 is 27.7 Å². The van der Waals surface area contributed by atoms with Gasteiger partial charge in [-0.25, -0.2) is 19.0 Å². The molecule has 0 spiro atoms. The Balaban J connectivity index is 0.00000231. The van der Waals surface area contributed by atoms with Gasteiger partial charge in [-0.2, -0.15) is 5.10 Å². The predicted molar refractivity (Wildman–Crippen MR) is 160 cm³/mol. The first-order valence-corrected chi connectivity index (χ1v) is 14.6. The normalized spacial score (nSPS) is 13.4. The Kier molecular flexibility index (Phi) is 11.2. The maximum absolute atomic E-state index is 10.9. The van der Waals surface area contributed by atoms with Crippen LogP contribution in [0.25, 0.3) is 28.0 Å². The number of hydrogen-bond acceptors (Lipinski definition) is 10. The number of pyridine rings is 1. The van der Waals surface area contributed by atoms with Gasteiger partial charge in [-0.05, 0) is 68.1 Å². The Labute approximate surface area is 239 Å². The van der Waals surface area contributed by atoms with Gasteiger partial charge in [-0.15, -0.1) is 0 Å². The van der Waals surface area contributed by atoms with Crippen LogP contribution in [0.15, 0.2) is 54.7 Å². The summed E-state index contributed by atoms with van der Waals surface area (Å²) in [7, 11) is -2.80. The molecule has 1 saturated carbocycles. The van der Waals surface area contributed by atoms with E-state index in [1.54, 1.807) is 13.3 Å². The maximum atomic E-state index is 10.9. The monoisotopic (exact) mass is 586 g/mol. The quantitative estimate of drug-likeness (QED) is 0.0903. The van der Waals surface area contributed by atoms with Gasteiger partial charge in [-0.3, -0.25) is 4.52 Å². The number of aromatic nitrogens is 4. The topological polar surface area (TPSA) is 213 Å². The van der Waals surface area contributed by atoms with Crippen molar-refractivity contribution in [2.24, 2.45) is 0 Å². The molecule has 13 nitrogen and oxygen atoms in total. The van der Waals surface area contributed by atoms with Crippen LogP contribution in [0.4, 0.5) is 11.8 Å². The fourth-order valence-corrected chi connectivity index (χ4v) is 5.22. The lowest BCUT2D eigenvalue weighted by atomic mass is 10.0. The minimum Gasteiger partial charge on any atom is -0.497 e. The number of nitrogens with one attached hydrogen (secondary N) is 2. The van der Waals surface area contributed by atoms with Crippen molar-refractivity contribution in [1.82, 2.24) is 31.9 Å². The van der Waals surface area contributed by atoms with Crippen molar-refractivity contribution in [2.75, 3.05) is 30.9 Å². The Morgan fingerprint density at radius 1 is 1.05 bits per heavy atom. The number of phosphoric ester groups is 1. The van der Waals surface area contributed by atoms with Gasteiger partial charge in [0.25, 0.3) is 0 Å². The van der Waals surface area contributed by atoms with Crippen LogP contribution in [0.2, 0.25) is 0 Å². The SMILES string of the molecule is COc1ccc(-c2nn3c(NCCCCOP(=O)(O)O)cccc3c2-c2ccnc(NC3CCCC3)n2)cc1.N.N. The zero-order chi connectivity index (χ0) is 27.2. The van der Waals surface area contributed by atoms with E-state index in [0.717, 1.165) is 52.4 Å². The van der Waals surface area contributed by atoms with Gasteiger partial charge < -0.3 is 37.5 Å². The fraction of sp³-hybridized carbons (Fsp3) is 0.370. The molecule has 3 aromatic heterocycles. The Morgan fingerprint density at radius 2 is 1.80 bits per heavy atom. The summed E-state index contributed by atoms with van der Waals surface area (Å²) in [4.78, 5) is 27.1. The zero-order valence-corrected chi connectivity index (χ0v) is 24.1. The fourth-order valence-electron chi connectivity index (χ4n) is 4.85. The molecule has 1 fully saturated rings. The first-order chi connectivity index (χ1) is 18.9. The summed E-state index contributed by atoms with van der Waals surface area (Å²) in [6.45, 7) is 0.578. The maximum Gasteiger partial charge on any atom is 0.469 e. The van der Waals surface area contributed by atoms with Crippen LogP contribution in [0, 0.1) is 0 Å². The minimum atomic E-state index is -4.44. The number of fused-ring (bicyclic) bond motifs is 1. The van der Waals surface area contributed by atoms with Gasteiger partial charge in [0.2, 0.25) is 5.95 Å². The largest absolute Gasteiger partial charge is 0.497 e. The van der Waals surface area contributed by atoms with E-state index in [2.05, 4.69) is 20.1 Å².